The molecule has 7 nitrogen and oxygen atoms in total. The van der Waals surface area contributed by atoms with Crippen LogP contribution in [-0.4, -0.2) is 28.1 Å². The van der Waals surface area contributed by atoms with E-state index in [-0.39, 0.29) is 28.9 Å². The van der Waals surface area contributed by atoms with Crippen LogP contribution in [0.1, 0.15) is 44.2 Å². The zero-order chi connectivity index (χ0) is 23.8. The number of nitrogens with zero attached hydrogens (tertiary/aromatic N) is 3. The smallest absolute Gasteiger partial charge is 0.364 e. The molecule has 2 aromatic heterocycles. The summed E-state index contributed by atoms with van der Waals surface area (Å²) in [7, 11) is 1.02. The van der Waals surface area contributed by atoms with E-state index in [9.17, 15) is 23.2 Å². The summed E-state index contributed by atoms with van der Waals surface area (Å²) in [5, 5.41) is 17.6. The second-order valence-corrected chi connectivity index (χ2v) is 8.39. The molecule has 3 atom stereocenters. The van der Waals surface area contributed by atoms with Crippen LogP contribution in [0.4, 0.5) is 24.7 Å². The van der Waals surface area contributed by atoms with Gasteiger partial charge in [0.1, 0.15) is 5.39 Å². The molecular formula is C23H24F3N5O2. The average Bonchev–Trinajstić information content (AvgIpc) is 3.17. The first kappa shape index (κ1) is 22.9. The van der Waals surface area contributed by atoms with Gasteiger partial charge in [0, 0.05) is 19.0 Å². The Bertz CT molecular complexity index is 1240. The minimum absolute atomic E-state index is 0.0460. The number of nitrogens with one attached hydrogen (secondary N) is 2. The minimum atomic E-state index is -4.59. The molecule has 0 radical (unpaired) electrons. The second kappa shape index (κ2) is 8.56. The van der Waals surface area contributed by atoms with E-state index in [1.165, 1.54) is 30.5 Å². The minimum Gasteiger partial charge on any atom is -0.364 e. The lowest BCUT2D eigenvalue weighted by atomic mass is 9.85. The number of hydrogen-bond acceptors (Lipinski definition) is 5. The van der Waals surface area contributed by atoms with Crippen molar-refractivity contribution in [2.45, 2.75) is 50.4 Å². The monoisotopic (exact) mass is 459 g/mol. The molecule has 0 bridgehead atoms. The number of halogens is 3. The van der Waals surface area contributed by atoms with Gasteiger partial charge in [-0.3, -0.25) is 9.48 Å². The number of aromatic nitrogens is 3. The predicted octanol–water partition coefficient (Wildman–Crippen LogP) is 5.15. The van der Waals surface area contributed by atoms with Crippen LogP contribution >= 0.6 is 0 Å². The molecule has 2 heterocycles. The van der Waals surface area contributed by atoms with Crippen LogP contribution in [0.25, 0.3) is 10.9 Å². The Kier molecular flexibility index (Phi) is 5.93. The number of ether oxygens (including phenoxy) is 1. The van der Waals surface area contributed by atoms with E-state index in [0.29, 0.717) is 16.6 Å². The van der Waals surface area contributed by atoms with Crippen LogP contribution in [0.2, 0.25) is 0 Å². The van der Waals surface area contributed by atoms with Crippen LogP contribution in [0.15, 0.2) is 41.3 Å². The Morgan fingerprint density at radius 3 is 2.55 bits per heavy atom. The van der Waals surface area contributed by atoms with Crippen molar-refractivity contribution >= 4 is 22.4 Å². The summed E-state index contributed by atoms with van der Waals surface area (Å²) < 4.78 is 47.0. The van der Waals surface area contributed by atoms with Crippen molar-refractivity contribution in [2.75, 3.05) is 12.4 Å². The van der Waals surface area contributed by atoms with E-state index >= 15 is 0 Å². The Balaban J connectivity index is 1.72. The molecule has 174 valence electrons. The molecule has 3 unspecified atom stereocenters. The third-order valence-corrected chi connectivity index (χ3v) is 6.49. The Labute approximate surface area is 188 Å². The first-order valence-corrected chi connectivity index (χ1v) is 10.7. The highest BCUT2D eigenvalue weighted by Crippen LogP contribution is 2.42. The maximum atomic E-state index is 13.5. The van der Waals surface area contributed by atoms with Crippen molar-refractivity contribution in [1.29, 1.82) is 5.26 Å². The zero-order valence-corrected chi connectivity index (χ0v) is 18.2. The standard InChI is InChI=1S/C23H24F3N5O2/c1-22(33-2,23(24,25)26)15-7-9-16(10-8-15)29-20-19-18(11-12-28-21(19)32)31(30-20)17-6-4-3-5-14(17)13-27/h7-12,14,17H,3-6H2,1-2H3,(H,28,32)(H,29,30). The average molecular weight is 459 g/mol. The van der Waals surface area contributed by atoms with Gasteiger partial charge in [-0.2, -0.15) is 23.5 Å². The molecule has 2 N–H and O–H groups in total. The van der Waals surface area contributed by atoms with Crippen LogP contribution in [-0.2, 0) is 10.3 Å². The SMILES string of the molecule is COC(C)(c1ccc(Nc2nn(C3CCCCC3C#N)c3cc[nH]c(=O)c23)cc1)C(F)(F)F. The van der Waals surface area contributed by atoms with Crippen molar-refractivity contribution in [2.24, 2.45) is 5.92 Å². The number of nitriles is 1. The maximum absolute atomic E-state index is 13.5. The molecule has 1 saturated carbocycles. The van der Waals surface area contributed by atoms with Crippen molar-refractivity contribution in [3.8, 4) is 6.07 Å². The van der Waals surface area contributed by atoms with Crippen molar-refractivity contribution in [3.63, 3.8) is 0 Å². The van der Waals surface area contributed by atoms with Crippen molar-refractivity contribution in [3.05, 3.63) is 52.4 Å². The third-order valence-electron chi connectivity index (χ3n) is 6.49. The number of alkyl halides is 3. The number of benzene rings is 1. The maximum Gasteiger partial charge on any atom is 0.421 e. The Hall–Kier alpha value is -3.32. The van der Waals surface area contributed by atoms with E-state index in [0.717, 1.165) is 39.7 Å². The summed E-state index contributed by atoms with van der Waals surface area (Å²) in [6.07, 6.45) is 0.445. The number of H-pyrrole nitrogens is 1. The first-order valence-electron chi connectivity index (χ1n) is 10.7. The van der Waals surface area contributed by atoms with E-state index in [1.807, 2.05) is 0 Å². The second-order valence-electron chi connectivity index (χ2n) is 8.39. The summed E-state index contributed by atoms with van der Waals surface area (Å²) in [4.78, 5) is 15.3. The van der Waals surface area contributed by atoms with Gasteiger partial charge in [0.25, 0.3) is 5.56 Å². The third kappa shape index (κ3) is 3.97. The predicted molar refractivity (Wildman–Crippen MR) is 117 cm³/mol. The van der Waals surface area contributed by atoms with Gasteiger partial charge in [-0.1, -0.05) is 25.0 Å². The number of hydrogen-bond donors (Lipinski definition) is 2. The molecule has 4 rings (SSSR count). The molecule has 1 aliphatic rings. The molecular weight excluding hydrogens is 435 g/mol. The van der Waals surface area contributed by atoms with Gasteiger partial charge in [-0.15, -0.1) is 0 Å². The van der Waals surface area contributed by atoms with Crippen LogP contribution < -0.4 is 10.9 Å². The van der Waals surface area contributed by atoms with Crippen LogP contribution in [0.5, 0.6) is 0 Å². The Morgan fingerprint density at radius 1 is 1.21 bits per heavy atom. The number of rotatable bonds is 5. The van der Waals surface area contributed by atoms with Crippen LogP contribution in [0.3, 0.4) is 0 Å². The van der Waals surface area contributed by atoms with Gasteiger partial charge in [-0.05, 0) is 43.5 Å². The lowest BCUT2D eigenvalue weighted by Gasteiger charge is -2.31. The highest BCUT2D eigenvalue weighted by atomic mass is 19.4. The number of methoxy groups -OCH3 is 1. The molecule has 0 amide bonds. The molecule has 0 saturated heterocycles. The highest BCUT2D eigenvalue weighted by Gasteiger charge is 2.53. The van der Waals surface area contributed by atoms with Crippen molar-refractivity contribution in [1.82, 2.24) is 14.8 Å². The van der Waals surface area contributed by atoms with Gasteiger partial charge >= 0.3 is 6.18 Å². The molecule has 1 aliphatic carbocycles. The molecule has 0 spiro atoms. The summed E-state index contributed by atoms with van der Waals surface area (Å²) in [6.45, 7) is 0.972. The fourth-order valence-electron chi connectivity index (χ4n) is 4.40. The summed E-state index contributed by atoms with van der Waals surface area (Å²) in [5.41, 5.74) is -1.75. The van der Waals surface area contributed by atoms with Gasteiger partial charge in [-0.25, -0.2) is 0 Å². The van der Waals surface area contributed by atoms with E-state index in [2.05, 4.69) is 21.5 Å². The van der Waals surface area contributed by atoms with Crippen LogP contribution in [0, 0.1) is 17.2 Å². The van der Waals surface area contributed by atoms with Crippen molar-refractivity contribution < 1.29 is 17.9 Å². The molecule has 1 aromatic carbocycles. The molecule has 33 heavy (non-hydrogen) atoms. The molecule has 0 aliphatic heterocycles. The van der Waals surface area contributed by atoms with E-state index < -0.39 is 11.8 Å². The van der Waals surface area contributed by atoms with Gasteiger partial charge in [0.15, 0.2) is 11.4 Å². The zero-order valence-electron chi connectivity index (χ0n) is 18.2. The molecule has 1 fully saturated rings. The number of aromatic amines is 1. The lowest BCUT2D eigenvalue weighted by Crippen LogP contribution is -2.41. The van der Waals surface area contributed by atoms with E-state index in [4.69, 9.17) is 4.74 Å². The number of pyridine rings is 1. The lowest BCUT2D eigenvalue weighted by molar-refractivity contribution is -0.269. The summed E-state index contributed by atoms with van der Waals surface area (Å²) in [6, 6.07) is 9.58. The highest BCUT2D eigenvalue weighted by molar-refractivity contribution is 5.91. The normalized spacial score (nSPS) is 20.8. The number of fused-ring (bicyclic) bond motifs is 1. The summed E-state index contributed by atoms with van der Waals surface area (Å²) in [5.74, 6) is 0.0783. The molecule has 3 aromatic rings. The van der Waals surface area contributed by atoms with E-state index in [1.54, 1.807) is 10.7 Å². The fraction of sp³-hybridized carbons (Fsp3) is 0.435. The summed E-state index contributed by atoms with van der Waals surface area (Å²) >= 11 is 0. The topological polar surface area (TPSA) is 95.7 Å². The first-order chi connectivity index (χ1) is 15.7. The number of anilines is 2. The Morgan fingerprint density at radius 2 is 1.91 bits per heavy atom. The van der Waals surface area contributed by atoms with Gasteiger partial charge < -0.3 is 15.0 Å². The van der Waals surface area contributed by atoms with Gasteiger partial charge in [0.2, 0.25) is 0 Å². The quantitative estimate of drug-likeness (QED) is 0.550. The van der Waals surface area contributed by atoms with Gasteiger partial charge in [0.05, 0.1) is 23.5 Å². The fourth-order valence-corrected chi connectivity index (χ4v) is 4.40. The largest absolute Gasteiger partial charge is 0.421 e. The molecule has 10 heteroatoms.